The maximum atomic E-state index is 10.4. The minimum Gasteiger partial charge on any atom is -0.192 e. The first-order chi connectivity index (χ1) is 5.33. The minimum atomic E-state index is -4.15. The lowest BCUT2D eigenvalue weighted by molar-refractivity contribution is -0.0815. The third-order valence-electron chi connectivity index (χ3n) is 0.626. The highest BCUT2D eigenvalue weighted by Crippen LogP contribution is 2.01. The zero-order valence-electron chi connectivity index (χ0n) is 5.83. The van der Waals surface area contributed by atoms with E-state index in [9.17, 15) is 16.8 Å². The molecule has 70 valence electrons. The van der Waals surface area contributed by atoms with Crippen LogP contribution in [0.25, 0.3) is 0 Å². The van der Waals surface area contributed by atoms with Crippen molar-refractivity contribution in [2.45, 2.75) is 0 Å². The summed E-state index contributed by atoms with van der Waals surface area (Å²) in [6, 6.07) is 0. The van der Waals surface area contributed by atoms with Crippen molar-refractivity contribution in [1.29, 1.82) is 0 Å². The van der Waals surface area contributed by atoms with Crippen molar-refractivity contribution >= 4 is 20.2 Å². The van der Waals surface area contributed by atoms with E-state index in [1.54, 1.807) is 0 Å². The van der Waals surface area contributed by atoms with E-state index in [1.165, 1.54) is 0 Å². The van der Waals surface area contributed by atoms with Crippen LogP contribution in [0.15, 0.2) is 24.0 Å². The molecule has 0 unspecified atom stereocenters. The molecule has 0 saturated carbocycles. The van der Waals surface area contributed by atoms with Crippen molar-refractivity contribution in [2.24, 2.45) is 0 Å². The molecule has 0 spiro atoms. The van der Waals surface area contributed by atoms with Gasteiger partial charge in [0, 0.05) is 0 Å². The van der Waals surface area contributed by atoms with Crippen LogP contribution in [-0.4, -0.2) is 16.8 Å². The molecule has 0 radical (unpaired) electrons. The first-order valence-electron chi connectivity index (χ1n) is 2.45. The molecule has 0 saturated heterocycles. The van der Waals surface area contributed by atoms with Gasteiger partial charge < -0.3 is 0 Å². The van der Waals surface area contributed by atoms with Crippen LogP contribution >= 0.6 is 0 Å². The molecule has 0 heterocycles. The van der Waals surface area contributed by atoms with Gasteiger partial charge in [0.25, 0.3) is 0 Å². The molecule has 0 aliphatic carbocycles. The van der Waals surface area contributed by atoms with E-state index in [0.717, 1.165) is 0 Å². The van der Waals surface area contributed by atoms with Gasteiger partial charge in [-0.25, -0.2) is 0 Å². The number of hydrogen-bond donors (Lipinski definition) is 0. The molecular formula is C4H6O6S2. The topological polar surface area (TPSA) is 86.7 Å². The maximum Gasteiger partial charge on any atom is 0.316 e. The molecule has 0 N–H and O–H groups in total. The van der Waals surface area contributed by atoms with Gasteiger partial charge in [0.15, 0.2) is 0 Å². The summed E-state index contributed by atoms with van der Waals surface area (Å²) in [5, 5.41) is 0.789. The molecule has 0 aromatic heterocycles. The smallest absolute Gasteiger partial charge is 0.192 e. The van der Waals surface area contributed by atoms with Crippen molar-refractivity contribution < 1.29 is 25.5 Å². The summed E-state index contributed by atoms with van der Waals surface area (Å²) in [7, 11) is -8.30. The molecule has 6 nitrogen and oxygen atoms in total. The predicted molar refractivity (Wildman–Crippen MR) is 40.4 cm³/mol. The molecule has 0 bridgehead atoms. The first-order valence-corrected chi connectivity index (χ1v) is 5.40. The Labute approximate surface area is 70.3 Å². The molecule has 8 heteroatoms. The quantitative estimate of drug-likeness (QED) is 0.468. The summed E-state index contributed by atoms with van der Waals surface area (Å²) in [6.07, 6.45) is 0. The van der Waals surface area contributed by atoms with Gasteiger partial charge in [-0.15, -0.1) is 0 Å². The lowest BCUT2D eigenvalue weighted by Crippen LogP contribution is -2.07. The highest BCUT2D eigenvalue weighted by atomic mass is 32.2. The molecule has 0 aromatic rings. The van der Waals surface area contributed by atoms with Gasteiger partial charge >= 0.3 is 20.2 Å². The zero-order chi connectivity index (χ0) is 9.83. The van der Waals surface area contributed by atoms with Crippen LogP contribution in [0, 0.1) is 0 Å². The standard InChI is InChI=1S/C4H6O6S2/c1-3-11(5,6)9-10-12(7,8)4-2/h3-4H,1-2H2. The lowest BCUT2D eigenvalue weighted by atomic mass is 11.3. The van der Waals surface area contributed by atoms with E-state index >= 15 is 0 Å². The second-order valence-electron chi connectivity index (χ2n) is 1.46. The molecule has 0 aliphatic heterocycles. The van der Waals surface area contributed by atoms with Crippen LogP contribution in [0.5, 0.6) is 0 Å². The van der Waals surface area contributed by atoms with E-state index in [4.69, 9.17) is 0 Å². The Bertz CT molecular complexity index is 322. The van der Waals surface area contributed by atoms with Gasteiger partial charge in [-0.05, 0) is 0 Å². The molecular weight excluding hydrogens is 208 g/mol. The highest BCUT2D eigenvalue weighted by Gasteiger charge is 2.13. The Morgan fingerprint density at radius 2 is 1.08 bits per heavy atom. The van der Waals surface area contributed by atoms with E-state index in [0.29, 0.717) is 10.8 Å². The average Bonchev–Trinajstić information content (AvgIpc) is 2.02. The Balaban J connectivity index is 4.39. The van der Waals surface area contributed by atoms with Gasteiger partial charge in [-0.3, -0.25) is 0 Å². The highest BCUT2D eigenvalue weighted by molar-refractivity contribution is 7.91. The van der Waals surface area contributed by atoms with Gasteiger partial charge in [0.2, 0.25) is 0 Å². The summed E-state index contributed by atoms with van der Waals surface area (Å²) in [5.41, 5.74) is 0. The molecule has 0 atom stereocenters. The lowest BCUT2D eigenvalue weighted by Gasteiger charge is -1.96. The molecule has 0 aromatic carbocycles. The second-order valence-corrected chi connectivity index (χ2v) is 4.37. The van der Waals surface area contributed by atoms with Crippen molar-refractivity contribution in [3.8, 4) is 0 Å². The predicted octanol–water partition coefficient (Wildman–Crippen LogP) is -0.119. The Kier molecular flexibility index (Phi) is 3.58. The summed E-state index contributed by atoms with van der Waals surface area (Å²) in [6.45, 7) is 5.69. The maximum absolute atomic E-state index is 10.4. The molecule has 0 rings (SSSR count). The Morgan fingerprint density at radius 3 is 1.25 bits per heavy atom. The molecule has 0 aliphatic rings. The largest absolute Gasteiger partial charge is 0.316 e. The summed E-state index contributed by atoms with van der Waals surface area (Å²) < 4.78 is 48.7. The normalized spacial score (nSPS) is 12.3. The van der Waals surface area contributed by atoms with Crippen molar-refractivity contribution in [3.63, 3.8) is 0 Å². The molecule has 12 heavy (non-hydrogen) atoms. The van der Waals surface area contributed by atoms with Crippen molar-refractivity contribution in [3.05, 3.63) is 24.0 Å². The fraction of sp³-hybridized carbons (Fsp3) is 0. The van der Waals surface area contributed by atoms with E-state index in [1.807, 2.05) is 0 Å². The van der Waals surface area contributed by atoms with Crippen LogP contribution in [0.2, 0.25) is 0 Å². The summed E-state index contributed by atoms with van der Waals surface area (Å²) in [4.78, 5) is 0. The van der Waals surface area contributed by atoms with E-state index in [-0.39, 0.29) is 0 Å². The van der Waals surface area contributed by atoms with Gasteiger partial charge in [-0.2, -0.15) is 16.8 Å². The van der Waals surface area contributed by atoms with Crippen LogP contribution in [0.3, 0.4) is 0 Å². The van der Waals surface area contributed by atoms with Crippen molar-refractivity contribution in [1.82, 2.24) is 0 Å². The Morgan fingerprint density at radius 1 is 0.833 bits per heavy atom. The van der Waals surface area contributed by atoms with E-state index in [2.05, 4.69) is 21.8 Å². The van der Waals surface area contributed by atoms with Crippen LogP contribution in [-0.2, 0) is 28.9 Å². The monoisotopic (exact) mass is 214 g/mol. The van der Waals surface area contributed by atoms with Gasteiger partial charge in [-0.1, -0.05) is 21.8 Å². The molecule has 0 amide bonds. The van der Waals surface area contributed by atoms with Crippen molar-refractivity contribution in [2.75, 3.05) is 0 Å². The van der Waals surface area contributed by atoms with Crippen LogP contribution < -0.4 is 0 Å². The molecule has 0 fully saturated rings. The third kappa shape index (κ3) is 4.23. The fourth-order valence-corrected chi connectivity index (χ4v) is 0.864. The SMILES string of the molecule is C=CS(=O)(=O)OOS(=O)(=O)C=C. The third-order valence-corrected chi connectivity index (χ3v) is 2.04. The second kappa shape index (κ2) is 3.81. The average molecular weight is 214 g/mol. The Hall–Kier alpha value is -0.700. The van der Waals surface area contributed by atoms with Gasteiger partial charge in [0.1, 0.15) is 0 Å². The summed E-state index contributed by atoms with van der Waals surface area (Å²) in [5.74, 6) is 0. The number of hydrogen-bond acceptors (Lipinski definition) is 6. The van der Waals surface area contributed by atoms with Crippen LogP contribution in [0.1, 0.15) is 0 Å². The van der Waals surface area contributed by atoms with E-state index < -0.39 is 20.2 Å². The minimum absolute atomic E-state index is 0.394. The number of rotatable bonds is 5. The van der Waals surface area contributed by atoms with Gasteiger partial charge in [0.05, 0.1) is 10.8 Å². The summed E-state index contributed by atoms with van der Waals surface area (Å²) >= 11 is 0. The van der Waals surface area contributed by atoms with Crippen LogP contribution in [0.4, 0.5) is 0 Å². The zero-order valence-corrected chi connectivity index (χ0v) is 7.47. The first kappa shape index (κ1) is 11.3. The fourth-order valence-electron chi connectivity index (χ4n) is 0.133.